The SMILES string of the molecule is CC1CCCCN1CC(=O)N(C)C. The first kappa shape index (κ1) is 10.5. The van der Waals surface area contributed by atoms with Crippen LogP contribution in [0.5, 0.6) is 0 Å². The van der Waals surface area contributed by atoms with Gasteiger partial charge in [-0.15, -0.1) is 0 Å². The van der Waals surface area contributed by atoms with Gasteiger partial charge in [0.1, 0.15) is 0 Å². The van der Waals surface area contributed by atoms with Crippen LogP contribution in [0.1, 0.15) is 26.2 Å². The minimum atomic E-state index is 0.216. The molecule has 0 N–H and O–H groups in total. The zero-order valence-electron chi connectivity index (χ0n) is 8.92. The average molecular weight is 184 g/mol. The highest BCUT2D eigenvalue weighted by molar-refractivity contribution is 5.77. The Balaban J connectivity index is 2.38. The highest BCUT2D eigenvalue weighted by Crippen LogP contribution is 2.15. The van der Waals surface area contributed by atoms with Crippen LogP contribution in [0.4, 0.5) is 0 Å². The molecule has 0 aromatic carbocycles. The molecule has 0 aromatic heterocycles. The van der Waals surface area contributed by atoms with Crippen molar-refractivity contribution in [3.8, 4) is 0 Å². The molecule has 13 heavy (non-hydrogen) atoms. The van der Waals surface area contributed by atoms with E-state index in [1.807, 2.05) is 14.1 Å². The molecule has 0 saturated carbocycles. The third kappa shape index (κ3) is 2.99. The molecular formula is C10H20N2O. The summed E-state index contributed by atoms with van der Waals surface area (Å²) in [5, 5.41) is 0. The van der Waals surface area contributed by atoms with Gasteiger partial charge in [-0.25, -0.2) is 0 Å². The van der Waals surface area contributed by atoms with Crippen molar-refractivity contribution in [1.82, 2.24) is 9.80 Å². The van der Waals surface area contributed by atoms with Gasteiger partial charge in [0.05, 0.1) is 6.54 Å². The molecule has 1 rings (SSSR count). The standard InChI is InChI=1S/C10H20N2O/c1-9-6-4-5-7-12(9)8-10(13)11(2)3/h9H,4-8H2,1-3H3. The van der Waals surface area contributed by atoms with Crippen LogP contribution >= 0.6 is 0 Å². The van der Waals surface area contributed by atoms with E-state index < -0.39 is 0 Å². The van der Waals surface area contributed by atoms with Crippen molar-refractivity contribution in [2.75, 3.05) is 27.2 Å². The molecule has 1 aliphatic heterocycles. The molecule has 1 heterocycles. The molecule has 0 bridgehead atoms. The van der Waals surface area contributed by atoms with Gasteiger partial charge in [0.2, 0.25) is 5.91 Å². The number of amides is 1. The van der Waals surface area contributed by atoms with E-state index in [2.05, 4.69) is 11.8 Å². The van der Waals surface area contributed by atoms with Crippen molar-refractivity contribution in [2.45, 2.75) is 32.2 Å². The van der Waals surface area contributed by atoms with E-state index in [-0.39, 0.29) is 5.91 Å². The maximum absolute atomic E-state index is 11.4. The van der Waals surface area contributed by atoms with Crippen LogP contribution < -0.4 is 0 Å². The Bertz CT molecular complexity index is 180. The molecule has 0 spiro atoms. The van der Waals surface area contributed by atoms with Crippen molar-refractivity contribution in [3.05, 3.63) is 0 Å². The van der Waals surface area contributed by atoms with E-state index in [1.165, 1.54) is 19.3 Å². The molecule has 3 heteroatoms. The van der Waals surface area contributed by atoms with E-state index in [0.717, 1.165) is 6.54 Å². The molecule has 1 aliphatic rings. The van der Waals surface area contributed by atoms with Crippen LogP contribution in [0.25, 0.3) is 0 Å². The van der Waals surface area contributed by atoms with E-state index >= 15 is 0 Å². The zero-order chi connectivity index (χ0) is 9.84. The molecule has 1 atom stereocenters. The van der Waals surface area contributed by atoms with Crippen LogP contribution in [0.15, 0.2) is 0 Å². The Hall–Kier alpha value is -0.570. The molecule has 1 fully saturated rings. The minimum absolute atomic E-state index is 0.216. The second kappa shape index (κ2) is 4.61. The Morgan fingerprint density at radius 1 is 1.46 bits per heavy atom. The zero-order valence-corrected chi connectivity index (χ0v) is 8.92. The second-order valence-electron chi connectivity index (χ2n) is 4.10. The summed E-state index contributed by atoms with van der Waals surface area (Å²) in [6.07, 6.45) is 3.79. The van der Waals surface area contributed by atoms with Crippen molar-refractivity contribution >= 4 is 5.91 Å². The van der Waals surface area contributed by atoms with Crippen LogP contribution in [0, 0.1) is 0 Å². The lowest BCUT2D eigenvalue weighted by Gasteiger charge is -2.33. The summed E-state index contributed by atoms with van der Waals surface area (Å²) in [7, 11) is 3.63. The van der Waals surface area contributed by atoms with E-state index in [0.29, 0.717) is 12.6 Å². The molecule has 0 aromatic rings. The summed E-state index contributed by atoms with van der Waals surface area (Å²) in [5.74, 6) is 0.216. The fraction of sp³-hybridized carbons (Fsp3) is 0.900. The number of piperidine rings is 1. The number of likely N-dealkylation sites (N-methyl/N-ethyl adjacent to an activating group) is 1. The van der Waals surface area contributed by atoms with Crippen LogP contribution in [0.3, 0.4) is 0 Å². The van der Waals surface area contributed by atoms with Gasteiger partial charge in [0, 0.05) is 20.1 Å². The van der Waals surface area contributed by atoms with Crippen molar-refractivity contribution in [1.29, 1.82) is 0 Å². The van der Waals surface area contributed by atoms with Gasteiger partial charge in [0.15, 0.2) is 0 Å². The van der Waals surface area contributed by atoms with E-state index in [1.54, 1.807) is 4.90 Å². The van der Waals surface area contributed by atoms with Crippen molar-refractivity contribution in [3.63, 3.8) is 0 Å². The molecule has 0 aliphatic carbocycles. The molecular weight excluding hydrogens is 164 g/mol. The van der Waals surface area contributed by atoms with Gasteiger partial charge in [-0.05, 0) is 26.3 Å². The minimum Gasteiger partial charge on any atom is -0.348 e. The van der Waals surface area contributed by atoms with Crippen molar-refractivity contribution < 1.29 is 4.79 Å². The summed E-state index contributed by atoms with van der Waals surface area (Å²) >= 11 is 0. The summed E-state index contributed by atoms with van der Waals surface area (Å²) < 4.78 is 0. The van der Waals surface area contributed by atoms with Crippen LogP contribution in [-0.4, -0.2) is 48.9 Å². The molecule has 1 amide bonds. The smallest absolute Gasteiger partial charge is 0.236 e. The normalized spacial score (nSPS) is 24.4. The number of rotatable bonds is 2. The largest absolute Gasteiger partial charge is 0.348 e. The highest BCUT2D eigenvalue weighted by Gasteiger charge is 2.20. The molecule has 0 radical (unpaired) electrons. The Morgan fingerprint density at radius 2 is 2.15 bits per heavy atom. The van der Waals surface area contributed by atoms with Gasteiger partial charge in [-0.1, -0.05) is 6.42 Å². The first-order valence-electron chi connectivity index (χ1n) is 5.05. The second-order valence-corrected chi connectivity index (χ2v) is 4.10. The topological polar surface area (TPSA) is 23.6 Å². The van der Waals surface area contributed by atoms with E-state index in [9.17, 15) is 4.79 Å². The number of likely N-dealkylation sites (tertiary alicyclic amines) is 1. The van der Waals surface area contributed by atoms with Crippen LogP contribution in [-0.2, 0) is 4.79 Å². The maximum Gasteiger partial charge on any atom is 0.236 e. The van der Waals surface area contributed by atoms with Crippen LogP contribution in [0.2, 0.25) is 0 Å². The first-order chi connectivity index (χ1) is 6.11. The highest BCUT2D eigenvalue weighted by atomic mass is 16.2. The lowest BCUT2D eigenvalue weighted by molar-refractivity contribution is -0.130. The summed E-state index contributed by atoms with van der Waals surface area (Å²) in [6, 6.07) is 0.581. The predicted molar refractivity (Wildman–Crippen MR) is 53.6 cm³/mol. The fourth-order valence-corrected chi connectivity index (χ4v) is 1.71. The number of hydrogen-bond acceptors (Lipinski definition) is 2. The summed E-state index contributed by atoms with van der Waals surface area (Å²) in [4.78, 5) is 15.4. The van der Waals surface area contributed by atoms with Crippen molar-refractivity contribution in [2.24, 2.45) is 0 Å². The van der Waals surface area contributed by atoms with Gasteiger partial charge in [-0.2, -0.15) is 0 Å². The fourth-order valence-electron chi connectivity index (χ4n) is 1.71. The Morgan fingerprint density at radius 3 is 2.69 bits per heavy atom. The van der Waals surface area contributed by atoms with Gasteiger partial charge >= 0.3 is 0 Å². The average Bonchev–Trinajstić information content (AvgIpc) is 2.08. The predicted octanol–water partition coefficient (Wildman–Crippen LogP) is 0.949. The monoisotopic (exact) mass is 184 g/mol. The Kier molecular flexibility index (Phi) is 3.72. The van der Waals surface area contributed by atoms with Gasteiger partial charge in [-0.3, -0.25) is 9.69 Å². The first-order valence-corrected chi connectivity index (χ1v) is 5.05. The maximum atomic E-state index is 11.4. The lowest BCUT2D eigenvalue weighted by atomic mass is 10.0. The summed E-state index contributed by atoms with van der Waals surface area (Å²) in [6.45, 7) is 3.89. The number of carbonyl (C=O) groups excluding carboxylic acids is 1. The van der Waals surface area contributed by atoms with Gasteiger partial charge < -0.3 is 4.90 Å². The summed E-state index contributed by atoms with van der Waals surface area (Å²) in [5.41, 5.74) is 0. The molecule has 3 nitrogen and oxygen atoms in total. The van der Waals surface area contributed by atoms with E-state index in [4.69, 9.17) is 0 Å². The third-order valence-electron chi connectivity index (χ3n) is 2.78. The number of nitrogens with zero attached hydrogens (tertiary/aromatic N) is 2. The molecule has 1 unspecified atom stereocenters. The van der Waals surface area contributed by atoms with Gasteiger partial charge in [0.25, 0.3) is 0 Å². The lowest BCUT2D eigenvalue weighted by Crippen LogP contribution is -2.43. The number of carbonyl (C=O) groups is 1. The number of hydrogen-bond donors (Lipinski definition) is 0. The molecule has 1 saturated heterocycles. The quantitative estimate of drug-likeness (QED) is 0.638. The third-order valence-corrected chi connectivity index (χ3v) is 2.78. The molecule has 76 valence electrons. The Labute approximate surface area is 80.7 Å².